The predicted octanol–water partition coefficient (Wildman–Crippen LogP) is 2.95. The van der Waals surface area contributed by atoms with Crippen LogP contribution in [0.4, 0.5) is 0 Å². The summed E-state index contributed by atoms with van der Waals surface area (Å²) < 4.78 is 39.7. The molecule has 5 rings (SSSR count). The van der Waals surface area contributed by atoms with Crippen LogP contribution in [0.15, 0.2) is 40.9 Å². The quantitative estimate of drug-likeness (QED) is 0.419. The number of sulfonamides is 1. The number of aliphatic hydroxyl groups excluding tert-OH is 1. The standard InChI is InChI=1S/C28H31N5O6S/c1-17(2)38-25-9-6-18(14-19(25)15-29)28-30-27(31-39-28)23-5-3-4-22-21(23)7-8-24(22)32-40(36,37)16-26(35)33-12-10-20(34)11-13-33/h3-6,9,14,17,20,24,32,34H,7-8,10-13,16H2,1-2H3. The number of benzene rings is 2. The zero-order valence-electron chi connectivity index (χ0n) is 22.3. The van der Waals surface area contributed by atoms with E-state index in [2.05, 4.69) is 20.9 Å². The molecule has 40 heavy (non-hydrogen) atoms. The Balaban J connectivity index is 1.32. The van der Waals surface area contributed by atoms with Crippen LogP contribution in [0.2, 0.25) is 0 Å². The normalized spacial score (nSPS) is 17.6. The average Bonchev–Trinajstić information content (AvgIpc) is 3.56. The lowest BCUT2D eigenvalue weighted by Gasteiger charge is -2.29. The minimum Gasteiger partial charge on any atom is -0.490 e. The van der Waals surface area contributed by atoms with Gasteiger partial charge in [0.25, 0.3) is 5.89 Å². The van der Waals surface area contributed by atoms with Gasteiger partial charge in [-0.2, -0.15) is 10.2 Å². The number of rotatable bonds is 8. The molecule has 210 valence electrons. The van der Waals surface area contributed by atoms with E-state index in [0.717, 1.165) is 16.7 Å². The SMILES string of the molecule is CC(C)Oc1ccc(-c2nc(-c3cccc4c3CCC4NS(=O)(=O)CC(=O)N3CCC(O)CC3)no2)cc1C#N. The Bertz CT molecular complexity index is 1550. The second-order valence-electron chi connectivity index (χ2n) is 10.4. The molecule has 2 aromatic carbocycles. The molecule has 1 aliphatic carbocycles. The minimum atomic E-state index is -3.89. The van der Waals surface area contributed by atoms with Gasteiger partial charge in [0.05, 0.1) is 17.8 Å². The molecular weight excluding hydrogens is 534 g/mol. The Hall–Kier alpha value is -3.79. The predicted molar refractivity (Wildman–Crippen MR) is 145 cm³/mol. The third kappa shape index (κ3) is 6.01. The van der Waals surface area contributed by atoms with Crippen LogP contribution in [-0.4, -0.2) is 65.5 Å². The topological polar surface area (TPSA) is 159 Å². The molecule has 0 spiro atoms. The number of likely N-dealkylation sites (tertiary alicyclic amines) is 1. The fraction of sp³-hybridized carbons (Fsp3) is 0.429. The molecule has 0 radical (unpaired) electrons. The Kier molecular flexibility index (Phi) is 7.89. The van der Waals surface area contributed by atoms with E-state index in [-0.39, 0.29) is 12.0 Å². The number of nitrogens with zero attached hydrogens (tertiary/aromatic N) is 4. The summed E-state index contributed by atoms with van der Waals surface area (Å²) >= 11 is 0. The van der Waals surface area contributed by atoms with Gasteiger partial charge in [0.15, 0.2) is 0 Å². The number of ether oxygens (including phenoxy) is 1. The van der Waals surface area contributed by atoms with E-state index in [0.29, 0.717) is 61.5 Å². The highest BCUT2D eigenvalue weighted by atomic mass is 32.2. The van der Waals surface area contributed by atoms with Crippen LogP contribution in [0.3, 0.4) is 0 Å². The summed E-state index contributed by atoms with van der Waals surface area (Å²) in [6.45, 7) is 4.47. The summed E-state index contributed by atoms with van der Waals surface area (Å²) in [6.07, 6.45) is 1.51. The largest absolute Gasteiger partial charge is 0.490 e. The highest BCUT2D eigenvalue weighted by Crippen LogP contribution is 2.38. The van der Waals surface area contributed by atoms with Crippen molar-refractivity contribution in [1.82, 2.24) is 19.8 Å². The highest BCUT2D eigenvalue weighted by molar-refractivity contribution is 7.90. The van der Waals surface area contributed by atoms with E-state index in [1.165, 1.54) is 4.90 Å². The summed E-state index contributed by atoms with van der Waals surface area (Å²) in [5.74, 6) is -0.00650. The van der Waals surface area contributed by atoms with E-state index >= 15 is 0 Å². The van der Waals surface area contributed by atoms with Crippen molar-refractivity contribution in [2.75, 3.05) is 18.8 Å². The van der Waals surface area contributed by atoms with Gasteiger partial charge >= 0.3 is 0 Å². The number of nitrogens with one attached hydrogen (secondary N) is 1. The molecule has 2 heterocycles. The number of hydrogen-bond acceptors (Lipinski definition) is 9. The van der Waals surface area contributed by atoms with Crippen molar-refractivity contribution in [1.29, 1.82) is 5.26 Å². The molecule has 2 N–H and O–H groups in total. The lowest BCUT2D eigenvalue weighted by molar-refractivity contribution is -0.130. The van der Waals surface area contributed by atoms with E-state index < -0.39 is 33.8 Å². The van der Waals surface area contributed by atoms with Crippen molar-refractivity contribution in [2.45, 2.75) is 57.8 Å². The van der Waals surface area contributed by atoms with Crippen LogP contribution < -0.4 is 9.46 Å². The molecule has 3 aromatic rings. The molecule has 1 amide bonds. The lowest BCUT2D eigenvalue weighted by Crippen LogP contribution is -2.44. The number of aliphatic hydroxyl groups is 1. The van der Waals surface area contributed by atoms with Crippen LogP contribution in [0.5, 0.6) is 5.75 Å². The number of fused-ring (bicyclic) bond motifs is 1. The zero-order chi connectivity index (χ0) is 28.4. The van der Waals surface area contributed by atoms with Gasteiger partial charge in [-0.05, 0) is 68.9 Å². The van der Waals surface area contributed by atoms with Crippen LogP contribution in [-0.2, 0) is 21.2 Å². The van der Waals surface area contributed by atoms with Crippen LogP contribution in [0.1, 0.15) is 55.8 Å². The summed E-state index contributed by atoms with van der Waals surface area (Å²) in [5, 5.41) is 23.3. The summed E-state index contributed by atoms with van der Waals surface area (Å²) in [5.41, 5.74) is 3.40. The molecule has 1 aromatic heterocycles. The summed E-state index contributed by atoms with van der Waals surface area (Å²) in [4.78, 5) is 18.6. The first-order chi connectivity index (χ1) is 19.1. The third-order valence-electron chi connectivity index (χ3n) is 7.10. The number of piperidine rings is 1. The first-order valence-electron chi connectivity index (χ1n) is 13.3. The molecule has 2 aliphatic rings. The van der Waals surface area contributed by atoms with Gasteiger partial charge in [0.1, 0.15) is 17.6 Å². The van der Waals surface area contributed by atoms with Crippen LogP contribution in [0.25, 0.3) is 22.8 Å². The molecular formula is C28H31N5O6S. The summed E-state index contributed by atoms with van der Waals surface area (Å²) in [6, 6.07) is 12.3. The third-order valence-corrected chi connectivity index (χ3v) is 8.37. The van der Waals surface area contributed by atoms with Crippen molar-refractivity contribution in [3.8, 4) is 34.7 Å². The number of aromatic nitrogens is 2. The molecule has 1 aliphatic heterocycles. The minimum absolute atomic E-state index is 0.0772. The highest BCUT2D eigenvalue weighted by Gasteiger charge is 2.32. The first kappa shape index (κ1) is 27.8. The molecule has 0 saturated carbocycles. The fourth-order valence-corrected chi connectivity index (χ4v) is 6.44. The van der Waals surface area contributed by atoms with Gasteiger partial charge in [0.2, 0.25) is 21.8 Å². The molecule has 0 bridgehead atoms. The van der Waals surface area contributed by atoms with Crippen molar-refractivity contribution in [2.24, 2.45) is 0 Å². The zero-order valence-corrected chi connectivity index (χ0v) is 23.1. The van der Waals surface area contributed by atoms with Gasteiger partial charge in [-0.15, -0.1) is 0 Å². The second-order valence-corrected chi connectivity index (χ2v) is 12.1. The van der Waals surface area contributed by atoms with Crippen molar-refractivity contribution >= 4 is 15.9 Å². The number of amides is 1. The monoisotopic (exact) mass is 565 g/mol. The van der Waals surface area contributed by atoms with Gasteiger partial charge in [-0.1, -0.05) is 23.4 Å². The first-order valence-corrected chi connectivity index (χ1v) is 14.9. The maximum atomic E-state index is 12.9. The Labute approximate surface area is 232 Å². The molecule has 11 nitrogen and oxygen atoms in total. The Morgan fingerprint density at radius 1 is 1.25 bits per heavy atom. The lowest BCUT2D eigenvalue weighted by atomic mass is 10.0. The fourth-order valence-electron chi connectivity index (χ4n) is 5.17. The molecule has 1 unspecified atom stereocenters. The maximum Gasteiger partial charge on any atom is 0.258 e. The number of hydrogen-bond donors (Lipinski definition) is 2. The number of nitriles is 1. The van der Waals surface area contributed by atoms with E-state index in [1.807, 2.05) is 32.0 Å². The smallest absolute Gasteiger partial charge is 0.258 e. The molecule has 1 fully saturated rings. The van der Waals surface area contributed by atoms with Gasteiger partial charge < -0.3 is 19.3 Å². The van der Waals surface area contributed by atoms with Crippen LogP contribution in [0, 0.1) is 11.3 Å². The van der Waals surface area contributed by atoms with Crippen molar-refractivity contribution in [3.63, 3.8) is 0 Å². The van der Waals surface area contributed by atoms with Gasteiger partial charge in [-0.25, -0.2) is 13.1 Å². The molecule has 1 saturated heterocycles. The van der Waals surface area contributed by atoms with E-state index in [1.54, 1.807) is 18.2 Å². The molecule has 1 atom stereocenters. The van der Waals surface area contributed by atoms with Gasteiger partial charge in [-0.3, -0.25) is 4.79 Å². The van der Waals surface area contributed by atoms with E-state index in [4.69, 9.17) is 9.26 Å². The van der Waals surface area contributed by atoms with Crippen molar-refractivity contribution < 1.29 is 27.6 Å². The molecule has 12 heteroatoms. The maximum absolute atomic E-state index is 12.9. The van der Waals surface area contributed by atoms with Crippen LogP contribution >= 0.6 is 0 Å². The van der Waals surface area contributed by atoms with Crippen molar-refractivity contribution in [3.05, 3.63) is 53.1 Å². The van der Waals surface area contributed by atoms with Gasteiger partial charge in [0, 0.05) is 30.3 Å². The second kappa shape index (κ2) is 11.4. The van der Waals surface area contributed by atoms with E-state index in [9.17, 15) is 23.6 Å². The average molecular weight is 566 g/mol. The summed E-state index contributed by atoms with van der Waals surface area (Å²) in [7, 11) is -3.89. The number of carbonyl (C=O) groups excluding carboxylic acids is 1. The number of carbonyl (C=O) groups is 1. The Morgan fingerprint density at radius 3 is 2.75 bits per heavy atom. The Morgan fingerprint density at radius 2 is 2.02 bits per heavy atom.